The monoisotopic (exact) mass is 443 g/mol. The van der Waals surface area contributed by atoms with Crippen LogP contribution in [0.5, 0.6) is 0 Å². The molecule has 0 aliphatic carbocycles. The molecule has 1 heterocycles. The summed E-state index contributed by atoms with van der Waals surface area (Å²) in [5.41, 5.74) is 0.293. The second-order valence-electron chi connectivity index (χ2n) is 7.12. The van der Waals surface area contributed by atoms with E-state index in [1.54, 1.807) is 12.1 Å². The summed E-state index contributed by atoms with van der Waals surface area (Å²) >= 11 is 1.45. The number of halogens is 3. The highest BCUT2D eigenvalue weighted by atomic mass is 32.2. The number of carbonyl (C=O) groups excluding carboxylic acids is 1. The molecule has 3 rings (SSSR count). The Kier molecular flexibility index (Phi) is 6.01. The topological polar surface area (TPSA) is 54.5 Å². The normalized spacial score (nSPS) is 17.6. The van der Waals surface area contributed by atoms with Gasteiger partial charge in [0, 0.05) is 28.5 Å². The Morgan fingerprint density at radius 2 is 1.83 bits per heavy atom. The average Bonchev–Trinajstić information content (AvgIpc) is 2.77. The van der Waals surface area contributed by atoms with Gasteiger partial charge in [-0.3, -0.25) is 4.79 Å². The number of benzene rings is 2. The molecule has 156 valence electrons. The van der Waals surface area contributed by atoms with Gasteiger partial charge in [-0.15, -0.1) is 11.8 Å². The molecule has 0 aromatic heterocycles. The van der Waals surface area contributed by atoms with Gasteiger partial charge in [0.2, 0.25) is 0 Å². The van der Waals surface area contributed by atoms with E-state index in [2.05, 4.69) is 0 Å². The summed E-state index contributed by atoms with van der Waals surface area (Å²) in [6.45, 7) is 2.27. The van der Waals surface area contributed by atoms with Gasteiger partial charge in [-0.25, -0.2) is 8.42 Å². The summed E-state index contributed by atoms with van der Waals surface area (Å²) in [6, 6.07) is 9.60. The Bertz CT molecular complexity index is 1020. The maximum absolute atomic E-state index is 13.2. The molecule has 29 heavy (non-hydrogen) atoms. The molecule has 0 spiro atoms. The highest BCUT2D eigenvalue weighted by Gasteiger charge is 2.33. The summed E-state index contributed by atoms with van der Waals surface area (Å²) in [4.78, 5) is 15.1. The first-order valence-electron chi connectivity index (χ1n) is 8.90. The fourth-order valence-corrected chi connectivity index (χ4v) is 5.02. The van der Waals surface area contributed by atoms with Crippen molar-refractivity contribution in [3.8, 4) is 0 Å². The van der Waals surface area contributed by atoms with Gasteiger partial charge in [-0.1, -0.05) is 19.1 Å². The lowest BCUT2D eigenvalue weighted by atomic mass is 10.1. The number of nitrogens with zero attached hydrogens (tertiary/aromatic N) is 1. The predicted molar refractivity (Wildman–Crippen MR) is 108 cm³/mol. The lowest BCUT2D eigenvalue weighted by Gasteiger charge is -2.24. The molecule has 1 unspecified atom stereocenters. The van der Waals surface area contributed by atoms with Crippen LogP contribution in [0.3, 0.4) is 0 Å². The molecule has 2 aromatic rings. The largest absolute Gasteiger partial charge is 0.416 e. The van der Waals surface area contributed by atoms with Crippen LogP contribution in [0.25, 0.3) is 0 Å². The fourth-order valence-electron chi connectivity index (χ4n) is 3.12. The summed E-state index contributed by atoms with van der Waals surface area (Å²) in [7, 11) is -3.21. The van der Waals surface area contributed by atoms with Crippen LogP contribution in [0.2, 0.25) is 0 Å². The summed E-state index contributed by atoms with van der Waals surface area (Å²) in [5, 5.41) is 0.153. The van der Waals surface area contributed by atoms with E-state index in [0.717, 1.165) is 18.4 Å². The molecule has 9 heteroatoms. The number of carbonyl (C=O) groups is 1. The van der Waals surface area contributed by atoms with Crippen molar-refractivity contribution in [3.63, 3.8) is 0 Å². The van der Waals surface area contributed by atoms with Crippen molar-refractivity contribution < 1.29 is 26.4 Å². The van der Waals surface area contributed by atoms with Gasteiger partial charge in [0.15, 0.2) is 9.84 Å². The van der Waals surface area contributed by atoms with E-state index in [9.17, 15) is 26.4 Å². The summed E-state index contributed by atoms with van der Waals surface area (Å²) < 4.78 is 62.5. The number of amides is 1. The molecule has 0 saturated heterocycles. The van der Waals surface area contributed by atoms with E-state index in [1.807, 2.05) is 6.92 Å². The molecule has 1 aliphatic rings. The smallest absolute Gasteiger partial charge is 0.307 e. The Labute approximate surface area is 172 Å². The molecule has 1 amide bonds. The molecular formula is C20H20F3NO3S2. The summed E-state index contributed by atoms with van der Waals surface area (Å²) in [5.74, 6) is -0.553. The zero-order valence-corrected chi connectivity index (χ0v) is 17.5. The standard InChI is InChI=1S/C20H20F3NO3S2/c1-13-9-10-24(17-11-16(20(21,22)23)7-8-18(17)28-13)19(25)15-5-3-14(4-6-15)12-29(2,26)27/h3-8,11,13H,9-10,12H2,1-2H3. The Morgan fingerprint density at radius 3 is 2.41 bits per heavy atom. The number of thioether (sulfide) groups is 1. The van der Waals surface area contributed by atoms with Crippen LogP contribution >= 0.6 is 11.8 Å². The lowest BCUT2D eigenvalue weighted by Crippen LogP contribution is -2.32. The van der Waals surface area contributed by atoms with Crippen LogP contribution in [0.15, 0.2) is 47.4 Å². The van der Waals surface area contributed by atoms with E-state index in [0.29, 0.717) is 29.0 Å². The third-order valence-corrected chi connectivity index (χ3v) is 6.63. The minimum atomic E-state index is -4.50. The molecule has 2 aromatic carbocycles. The van der Waals surface area contributed by atoms with Crippen molar-refractivity contribution in [3.05, 3.63) is 59.2 Å². The van der Waals surface area contributed by atoms with Crippen LogP contribution in [0, 0.1) is 0 Å². The molecular weight excluding hydrogens is 423 g/mol. The van der Waals surface area contributed by atoms with E-state index in [1.165, 1.54) is 34.9 Å². The van der Waals surface area contributed by atoms with E-state index in [4.69, 9.17) is 0 Å². The number of fused-ring (bicyclic) bond motifs is 1. The van der Waals surface area contributed by atoms with Crippen molar-refractivity contribution in [2.24, 2.45) is 0 Å². The number of rotatable bonds is 3. The van der Waals surface area contributed by atoms with Crippen molar-refractivity contribution in [2.45, 2.75) is 35.4 Å². The Hall–Kier alpha value is -2.00. The van der Waals surface area contributed by atoms with Gasteiger partial charge in [0.05, 0.1) is 17.0 Å². The van der Waals surface area contributed by atoms with Crippen molar-refractivity contribution in [1.82, 2.24) is 0 Å². The molecule has 0 fully saturated rings. The SMILES string of the molecule is CC1CCN(C(=O)c2ccc(CS(C)(=O)=O)cc2)c2cc(C(F)(F)F)ccc2S1. The number of hydrogen-bond donors (Lipinski definition) is 0. The molecule has 0 bridgehead atoms. The Morgan fingerprint density at radius 1 is 1.17 bits per heavy atom. The average molecular weight is 444 g/mol. The molecule has 0 radical (unpaired) electrons. The first-order valence-corrected chi connectivity index (χ1v) is 11.8. The third-order valence-electron chi connectivity index (χ3n) is 4.54. The van der Waals surface area contributed by atoms with E-state index < -0.39 is 27.5 Å². The van der Waals surface area contributed by atoms with E-state index >= 15 is 0 Å². The number of alkyl halides is 3. The quantitative estimate of drug-likeness (QED) is 0.685. The van der Waals surface area contributed by atoms with Crippen LogP contribution in [-0.4, -0.2) is 32.4 Å². The first-order chi connectivity index (χ1) is 13.4. The van der Waals surface area contributed by atoms with Crippen LogP contribution in [0.4, 0.5) is 18.9 Å². The second kappa shape index (κ2) is 8.02. The van der Waals surface area contributed by atoms with Gasteiger partial charge in [-0.2, -0.15) is 13.2 Å². The molecule has 0 N–H and O–H groups in total. The molecule has 0 saturated carbocycles. The van der Waals surface area contributed by atoms with Gasteiger partial charge in [0.25, 0.3) is 5.91 Å². The highest BCUT2D eigenvalue weighted by Crippen LogP contribution is 2.41. The fraction of sp³-hybridized carbons (Fsp3) is 0.350. The number of hydrogen-bond acceptors (Lipinski definition) is 4. The van der Waals surface area contributed by atoms with Crippen LogP contribution in [-0.2, 0) is 21.8 Å². The van der Waals surface area contributed by atoms with Gasteiger partial charge in [-0.05, 0) is 42.3 Å². The Balaban J connectivity index is 1.96. The van der Waals surface area contributed by atoms with Crippen molar-refractivity contribution >= 4 is 33.2 Å². The minimum absolute atomic E-state index is 0.142. The zero-order chi connectivity index (χ0) is 21.4. The van der Waals surface area contributed by atoms with Crippen LogP contribution in [0.1, 0.15) is 34.8 Å². The second-order valence-corrected chi connectivity index (χ2v) is 10.7. The maximum atomic E-state index is 13.2. The van der Waals surface area contributed by atoms with Crippen molar-refractivity contribution in [2.75, 3.05) is 17.7 Å². The zero-order valence-electron chi connectivity index (χ0n) is 15.9. The number of sulfone groups is 1. The van der Waals surface area contributed by atoms with E-state index in [-0.39, 0.29) is 16.7 Å². The lowest BCUT2D eigenvalue weighted by molar-refractivity contribution is -0.137. The number of anilines is 1. The summed E-state index contributed by atoms with van der Waals surface area (Å²) in [6.07, 6.45) is -2.74. The molecule has 1 aliphatic heterocycles. The van der Waals surface area contributed by atoms with Crippen LogP contribution < -0.4 is 4.90 Å². The maximum Gasteiger partial charge on any atom is 0.416 e. The molecule has 1 atom stereocenters. The highest BCUT2D eigenvalue weighted by molar-refractivity contribution is 8.00. The van der Waals surface area contributed by atoms with Crippen molar-refractivity contribution in [1.29, 1.82) is 0 Å². The predicted octanol–water partition coefficient (Wildman–Crippen LogP) is 4.78. The third kappa shape index (κ3) is 5.33. The van der Waals surface area contributed by atoms with Gasteiger partial charge >= 0.3 is 6.18 Å². The first kappa shape index (κ1) is 21.7. The van der Waals surface area contributed by atoms with Gasteiger partial charge < -0.3 is 4.90 Å². The minimum Gasteiger partial charge on any atom is -0.307 e. The van der Waals surface area contributed by atoms with Gasteiger partial charge in [0.1, 0.15) is 0 Å². The molecule has 4 nitrogen and oxygen atoms in total.